The number of methoxy groups -OCH3 is 1. The van der Waals surface area contributed by atoms with Gasteiger partial charge in [-0.25, -0.2) is 0 Å². The van der Waals surface area contributed by atoms with Crippen LogP contribution in [-0.4, -0.2) is 26.0 Å². The summed E-state index contributed by atoms with van der Waals surface area (Å²) < 4.78 is 11.1. The van der Waals surface area contributed by atoms with Gasteiger partial charge < -0.3 is 19.4 Å². The Morgan fingerprint density at radius 2 is 1.90 bits per heavy atom. The molecule has 0 bridgehead atoms. The molecule has 1 aromatic heterocycles. The molecule has 0 unspecified atom stereocenters. The molecule has 150 valence electrons. The summed E-state index contributed by atoms with van der Waals surface area (Å²) >= 11 is 3.19. The molecule has 6 nitrogen and oxygen atoms in total. The van der Waals surface area contributed by atoms with Crippen LogP contribution in [0.25, 0.3) is 0 Å². The van der Waals surface area contributed by atoms with Crippen LogP contribution in [0.1, 0.15) is 32.0 Å². The lowest BCUT2D eigenvalue weighted by Gasteiger charge is -2.19. The summed E-state index contributed by atoms with van der Waals surface area (Å²) in [7, 11) is 3.22. The average molecular weight is 457 g/mol. The fourth-order valence-electron chi connectivity index (χ4n) is 2.91. The summed E-state index contributed by atoms with van der Waals surface area (Å²) in [6.45, 7) is 2.30. The van der Waals surface area contributed by atoms with Crippen molar-refractivity contribution in [1.82, 2.24) is 5.32 Å². The van der Waals surface area contributed by atoms with Crippen LogP contribution in [0.5, 0.6) is 5.75 Å². The molecule has 0 saturated carbocycles. The molecule has 2 amide bonds. The molecule has 7 heteroatoms. The van der Waals surface area contributed by atoms with Gasteiger partial charge >= 0.3 is 0 Å². The minimum atomic E-state index is -0.348. The third-order valence-corrected chi connectivity index (χ3v) is 4.95. The number of ether oxygens (including phenoxy) is 1. The normalized spacial score (nSPS) is 10.5. The van der Waals surface area contributed by atoms with Gasteiger partial charge in [-0.3, -0.25) is 9.59 Å². The Morgan fingerprint density at radius 3 is 2.59 bits per heavy atom. The smallest absolute Gasteiger partial charge is 0.293 e. The van der Waals surface area contributed by atoms with Gasteiger partial charge in [0, 0.05) is 13.6 Å². The first kappa shape index (κ1) is 20.7. The number of carbonyl (C=O) groups excluding carboxylic acids is 2. The van der Waals surface area contributed by atoms with Gasteiger partial charge in [0.2, 0.25) is 0 Å². The van der Waals surface area contributed by atoms with Gasteiger partial charge in [-0.1, -0.05) is 24.3 Å². The Labute approximate surface area is 177 Å². The van der Waals surface area contributed by atoms with E-state index in [9.17, 15) is 9.59 Å². The number of hydrogen-bond donors (Lipinski definition) is 1. The van der Waals surface area contributed by atoms with Gasteiger partial charge in [-0.15, -0.1) is 0 Å². The zero-order chi connectivity index (χ0) is 21.0. The van der Waals surface area contributed by atoms with E-state index in [0.717, 1.165) is 16.9 Å². The van der Waals surface area contributed by atoms with Crippen molar-refractivity contribution in [2.75, 3.05) is 19.1 Å². The number of halogens is 1. The van der Waals surface area contributed by atoms with E-state index in [1.54, 1.807) is 50.6 Å². The maximum absolute atomic E-state index is 12.8. The fraction of sp³-hybridized carbons (Fsp3) is 0.182. The molecule has 0 aliphatic rings. The summed E-state index contributed by atoms with van der Waals surface area (Å²) in [5.74, 6) is 0.327. The molecule has 0 fully saturated rings. The van der Waals surface area contributed by atoms with E-state index < -0.39 is 0 Å². The molecule has 29 heavy (non-hydrogen) atoms. The molecule has 1 heterocycles. The number of aryl methyl sites for hydroxylation is 1. The quantitative estimate of drug-likeness (QED) is 0.589. The number of carbonyl (C=O) groups is 2. The summed E-state index contributed by atoms with van der Waals surface area (Å²) in [4.78, 5) is 26.9. The minimum Gasteiger partial charge on any atom is -0.496 e. The molecule has 3 aromatic rings. The summed E-state index contributed by atoms with van der Waals surface area (Å²) in [5, 5.41) is 2.90. The van der Waals surface area contributed by atoms with Crippen molar-refractivity contribution in [3.05, 3.63) is 81.7 Å². The highest BCUT2D eigenvalue weighted by Crippen LogP contribution is 2.23. The predicted octanol–water partition coefficient (Wildman–Crippen LogP) is 4.57. The Kier molecular flexibility index (Phi) is 6.39. The maximum Gasteiger partial charge on any atom is 0.293 e. The second kappa shape index (κ2) is 8.96. The van der Waals surface area contributed by atoms with Gasteiger partial charge in [0.05, 0.1) is 18.4 Å². The molecule has 1 N–H and O–H groups in total. The van der Waals surface area contributed by atoms with Crippen LogP contribution in [0.3, 0.4) is 0 Å². The highest BCUT2D eigenvalue weighted by atomic mass is 79.9. The second-order valence-electron chi connectivity index (χ2n) is 6.47. The molecule has 0 spiro atoms. The molecule has 0 saturated heterocycles. The monoisotopic (exact) mass is 456 g/mol. The first-order valence-electron chi connectivity index (χ1n) is 8.95. The SMILES string of the molecule is COc1cc(CNC(=O)c2ccccc2N(C)C(=O)c2ccc(Br)o2)ccc1C. The number of hydrogen-bond acceptors (Lipinski definition) is 4. The van der Waals surface area contributed by atoms with Crippen LogP contribution in [-0.2, 0) is 6.54 Å². The van der Waals surface area contributed by atoms with Crippen molar-refractivity contribution >= 4 is 33.4 Å². The average Bonchev–Trinajstić information content (AvgIpc) is 3.18. The van der Waals surface area contributed by atoms with Crippen LogP contribution >= 0.6 is 15.9 Å². The lowest BCUT2D eigenvalue weighted by molar-refractivity contribution is 0.0951. The van der Waals surface area contributed by atoms with Gasteiger partial charge in [0.1, 0.15) is 5.75 Å². The number of benzene rings is 2. The van der Waals surface area contributed by atoms with E-state index >= 15 is 0 Å². The minimum absolute atomic E-state index is 0.182. The van der Waals surface area contributed by atoms with Crippen LogP contribution < -0.4 is 15.0 Å². The Bertz CT molecular complexity index is 1040. The molecular weight excluding hydrogens is 436 g/mol. The molecular formula is C22H21BrN2O4. The van der Waals surface area contributed by atoms with Crippen LogP contribution in [0.15, 0.2) is 63.7 Å². The fourth-order valence-corrected chi connectivity index (χ4v) is 3.22. The van der Waals surface area contributed by atoms with Crippen molar-refractivity contribution in [3.63, 3.8) is 0 Å². The number of nitrogens with zero attached hydrogens (tertiary/aromatic N) is 1. The lowest BCUT2D eigenvalue weighted by atomic mass is 10.1. The number of para-hydroxylation sites is 1. The molecule has 0 atom stereocenters. The third kappa shape index (κ3) is 4.68. The number of nitrogens with one attached hydrogen (secondary N) is 1. The molecule has 0 aliphatic heterocycles. The number of rotatable bonds is 6. The zero-order valence-electron chi connectivity index (χ0n) is 16.4. The third-order valence-electron chi connectivity index (χ3n) is 4.52. The second-order valence-corrected chi connectivity index (χ2v) is 7.25. The highest BCUT2D eigenvalue weighted by molar-refractivity contribution is 9.10. The van der Waals surface area contributed by atoms with Crippen LogP contribution in [0, 0.1) is 6.92 Å². The van der Waals surface area contributed by atoms with Gasteiger partial charge in [0.15, 0.2) is 10.4 Å². The topological polar surface area (TPSA) is 71.8 Å². The van der Waals surface area contributed by atoms with Crippen LogP contribution in [0.2, 0.25) is 0 Å². The Balaban J connectivity index is 1.77. The molecule has 3 rings (SSSR count). The summed E-state index contributed by atoms with van der Waals surface area (Å²) in [6.07, 6.45) is 0. The van der Waals surface area contributed by atoms with E-state index in [2.05, 4.69) is 21.2 Å². The van der Waals surface area contributed by atoms with Crippen molar-refractivity contribution < 1.29 is 18.7 Å². The molecule has 0 radical (unpaired) electrons. The zero-order valence-corrected chi connectivity index (χ0v) is 17.9. The van der Waals surface area contributed by atoms with E-state index in [1.165, 1.54) is 4.90 Å². The van der Waals surface area contributed by atoms with Crippen LogP contribution in [0.4, 0.5) is 5.69 Å². The van der Waals surface area contributed by atoms with Crippen molar-refractivity contribution in [2.45, 2.75) is 13.5 Å². The van der Waals surface area contributed by atoms with Gasteiger partial charge in [0.25, 0.3) is 11.8 Å². The first-order chi connectivity index (χ1) is 13.9. The Hall–Kier alpha value is -3.06. The standard InChI is InChI=1S/C22H21BrN2O4/c1-14-8-9-15(12-19(14)28-3)13-24-21(26)16-6-4-5-7-17(16)25(2)22(27)18-10-11-20(23)29-18/h4-12H,13H2,1-3H3,(H,24,26). The van der Waals surface area contributed by atoms with Gasteiger partial charge in [-0.05, 0) is 64.3 Å². The Morgan fingerprint density at radius 1 is 1.14 bits per heavy atom. The van der Waals surface area contributed by atoms with E-state index in [-0.39, 0.29) is 17.6 Å². The summed E-state index contributed by atoms with van der Waals surface area (Å²) in [5.41, 5.74) is 2.83. The van der Waals surface area contributed by atoms with Gasteiger partial charge in [-0.2, -0.15) is 0 Å². The van der Waals surface area contributed by atoms with Crippen molar-refractivity contribution in [2.24, 2.45) is 0 Å². The first-order valence-corrected chi connectivity index (χ1v) is 9.74. The number of furan rings is 1. The predicted molar refractivity (Wildman–Crippen MR) is 114 cm³/mol. The number of amides is 2. The number of anilines is 1. The molecule has 2 aromatic carbocycles. The largest absolute Gasteiger partial charge is 0.496 e. The van der Waals surface area contributed by atoms with E-state index in [1.807, 2.05) is 25.1 Å². The van der Waals surface area contributed by atoms with E-state index in [4.69, 9.17) is 9.15 Å². The highest BCUT2D eigenvalue weighted by Gasteiger charge is 2.21. The summed E-state index contributed by atoms with van der Waals surface area (Å²) in [6, 6.07) is 15.9. The van der Waals surface area contributed by atoms with Crippen molar-refractivity contribution in [1.29, 1.82) is 0 Å². The molecule has 0 aliphatic carbocycles. The lowest BCUT2D eigenvalue weighted by Crippen LogP contribution is -2.30. The van der Waals surface area contributed by atoms with E-state index in [0.29, 0.717) is 22.5 Å². The maximum atomic E-state index is 12.8. The van der Waals surface area contributed by atoms with Crippen molar-refractivity contribution in [3.8, 4) is 5.75 Å².